The Morgan fingerprint density at radius 1 is 1.38 bits per heavy atom. The molecule has 9 heteroatoms. The van der Waals surface area contributed by atoms with E-state index in [0.29, 0.717) is 0 Å². The van der Waals surface area contributed by atoms with Crippen LogP contribution in [-0.2, 0) is 14.8 Å². The van der Waals surface area contributed by atoms with E-state index in [2.05, 4.69) is 10.0 Å². The minimum atomic E-state index is -3.90. The molecule has 2 N–H and O–H groups in total. The van der Waals surface area contributed by atoms with E-state index in [1.165, 1.54) is 19.2 Å². The molecule has 0 heterocycles. The molecule has 21 heavy (non-hydrogen) atoms. The van der Waals surface area contributed by atoms with E-state index in [9.17, 15) is 18.5 Å². The monoisotopic (exact) mass is 317 g/mol. The Balaban J connectivity index is 3.17. The number of non-ortho nitro benzene ring substituents is 1. The normalized spacial score (nSPS) is 12.2. The van der Waals surface area contributed by atoms with Crippen LogP contribution in [0, 0.1) is 10.1 Å². The van der Waals surface area contributed by atoms with E-state index in [4.69, 9.17) is 4.74 Å². The van der Waals surface area contributed by atoms with Gasteiger partial charge in [0.05, 0.1) is 16.2 Å². The van der Waals surface area contributed by atoms with Crippen LogP contribution in [0.2, 0.25) is 0 Å². The number of benzene rings is 1. The van der Waals surface area contributed by atoms with Crippen LogP contribution in [0.4, 0.5) is 11.4 Å². The predicted molar refractivity (Wildman–Crippen MR) is 78.9 cm³/mol. The number of nitrogens with zero attached hydrogens (tertiary/aromatic N) is 1. The summed E-state index contributed by atoms with van der Waals surface area (Å²) in [6, 6.07) is 3.62. The zero-order valence-electron chi connectivity index (χ0n) is 12.3. The second-order valence-electron chi connectivity index (χ2n) is 4.98. The first-order valence-corrected chi connectivity index (χ1v) is 7.62. The van der Waals surface area contributed by atoms with Crippen molar-refractivity contribution in [3.05, 3.63) is 28.3 Å². The van der Waals surface area contributed by atoms with Crippen LogP contribution in [0.1, 0.15) is 13.8 Å². The summed E-state index contributed by atoms with van der Waals surface area (Å²) in [5.74, 6) is 0. The molecule has 0 radical (unpaired) electrons. The van der Waals surface area contributed by atoms with Gasteiger partial charge in [-0.15, -0.1) is 0 Å². The number of anilines is 1. The zero-order valence-corrected chi connectivity index (χ0v) is 13.2. The van der Waals surface area contributed by atoms with E-state index in [0.717, 1.165) is 6.07 Å². The fourth-order valence-corrected chi connectivity index (χ4v) is 2.90. The molecule has 0 saturated heterocycles. The molecule has 0 aromatic heterocycles. The van der Waals surface area contributed by atoms with Gasteiger partial charge in [0.15, 0.2) is 0 Å². The van der Waals surface area contributed by atoms with Crippen LogP contribution < -0.4 is 10.0 Å². The molecule has 0 bridgehead atoms. The Hall–Kier alpha value is -1.71. The van der Waals surface area contributed by atoms with Gasteiger partial charge in [-0.2, -0.15) is 0 Å². The second-order valence-corrected chi connectivity index (χ2v) is 6.71. The lowest BCUT2D eigenvalue weighted by atomic mass is 10.1. The maximum Gasteiger partial charge on any atom is 0.270 e. The van der Waals surface area contributed by atoms with Crippen LogP contribution in [0.3, 0.4) is 0 Å². The van der Waals surface area contributed by atoms with Gasteiger partial charge in [0, 0.05) is 32.8 Å². The standard InChI is InChI=1S/C12H19N3O5S/c1-12(2,20-4)8-14-21(18,19)11-7-9(15(16)17)5-6-10(11)13-3/h5-7,13-14H,8H2,1-4H3. The van der Waals surface area contributed by atoms with Gasteiger partial charge in [0.1, 0.15) is 4.90 Å². The number of nitro groups is 1. The topological polar surface area (TPSA) is 111 Å². The number of hydrogen-bond acceptors (Lipinski definition) is 6. The lowest BCUT2D eigenvalue weighted by Crippen LogP contribution is -2.39. The van der Waals surface area contributed by atoms with Crippen LogP contribution >= 0.6 is 0 Å². The molecule has 0 spiro atoms. The fourth-order valence-electron chi connectivity index (χ4n) is 1.47. The number of sulfonamides is 1. The molecular formula is C12H19N3O5S. The van der Waals surface area contributed by atoms with Gasteiger partial charge in [-0.05, 0) is 19.9 Å². The summed E-state index contributed by atoms with van der Waals surface area (Å²) in [6.45, 7) is 3.49. The molecule has 0 atom stereocenters. The number of methoxy groups -OCH3 is 1. The molecule has 1 rings (SSSR count). The largest absolute Gasteiger partial charge is 0.387 e. The van der Waals surface area contributed by atoms with Gasteiger partial charge in [-0.1, -0.05) is 0 Å². The number of nitrogens with one attached hydrogen (secondary N) is 2. The minimum Gasteiger partial charge on any atom is -0.387 e. The Morgan fingerprint density at radius 2 is 2.00 bits per heavy atom. The minimum absolute atomic E-state index is 0.0394. The molecule has 0 aliphatic rings. The van der Waals surface area contributed by atoms with Crippen molar-refractivity contribution in [2.45, 2.75) is 24.3 Å². The molecule has 0 unspecified atom stereocenters. The van der Waals surface area contributed by atoms with Crippen molar-refractivity contribution in [3.63, 3.8) is 0 Å². The van der Waals surface area contributed by atoms with Gasteiger partial charge in [0.25, 0.3) is 5.69 Å². The smallest absolute Gasteiger partial charge is 0.270 e. The van der Waals surface area contributed by atoms with E-state index >= 15 is 0 Å². The van der Waals surface area contributed by atoms with Crippen molar-refractivity contribution >= 4 is 21.4 Å². The Labute approximate surface area is 123 Å². The molecule has 1 aromatic carbocycles. The first-order valence-electron chi connectivity index (χ1n) is 6.14. The zero-order chi connectivity index (χ0) is 16.3. The van der Waals surface area contributed by atoms with E-state index in [1.54, 1.807) is 20.9 Å². The Morgan fingerprint density at radius 3 is 2.48 bits per heavy atom. The van der Waals surface area contributed by atoms with Crippen LogP contribution in [0.25, 0.3) is 0 Å². The maximum absolute atomic E-state index is 12.3. The number of nitro benzene ring substituents is 1. The van der Waals surface area contributed by atoms with Gasteiger partial charge in [0.2, 0.25) is 10.0 Å². The highest BCUT2D eigenvalue weighted by Crippen LogP contribution is 2.26. The Kier molecular flexibility index (Phi) is 5.26. The lowest BCUT2D eigenvalue weighted by Gasteiger charge is -2.23. The molecule has 0 aliphatic heterocycles. The van der Waals surface area contributed by atoms with Gasteiger partial charge >= 0.3 is 0 Å². The fraction of sp³-hybridized carbons (Fsp3) is 0.500. The van der Waals surface area contributed by atoms with E-state index in [-0.39, 0.29) is 22.8 Å². The van der Waals surface area contributed by atoms with E-state index < -0.39 is 20.5 Å². The SMILES string of the molecule is CNc1ccc([N+](=O)[O-])cc1S(=O)(=O)NCC(C)(C)OC. The average molecular weight is 317 g/mol. The molecular weight excluding hydrogens is 298 g/mol. The summed E-state index contributed by atoms with van der Waals surface area (Å²) in [5.41, 5.74) is -0.697. The van der Waals surface area contributed by atoms with Crippen LogP contribution in [-0.4, -0.2) is 39.6 Å². The molecule has 0 saturated carbocycles. The van der Waals surface area contributed by atoms with Crippen molar-refractivity contribution in [3.8, 4) is 0 Å². The van der Waals surface area contributed by atoms with Gasteiger partial charge in [-0.25, -0.2) is 13.1 Å². The summed E-state index contributed by atoms with van der Waals surface area (Å²) < 4.78 is 32.2. The molecule has 0 amide bonds. The first kappa shape index (κ1) is 17.3. The van der Waals surface area contributed by atoms with Crippen molar-refractivity contribution in [1.82, 2.24) is 4.72 Å². The molecule has 118 valence electrons. The van der Waals surface area contributed by atoms with Crippen molar-refractivity contribution < 1.29 is 18.1 Å². The number of ether oxygens (including phenoxy) is 1. The average Bonchev–Trinajstić information content (AvgIpc) is 2.44. The summed E-state index contributed by atoms with van der Waals surface area (Å²) in [5, 5.41) is 13.5. The van der Waals surface area contributed by atoms with E-state index in [1.807, 2.05) is 0 Å². The van der Waals surface area contributed by atoms with Crippen molar-refractivity contribution in [2.75, 3.05) is 26.0 Å². The lowest BCUT2D eigenvalue weighted by molar-refractivity contribution is -0.385. The van der Waals surface area contributed by atoms with Gasteiger partial charge < -0.3 is 10.1 Å². The highest BCUT2D eigenvalue weighted by atomic mass is 32.2. The molecule has 0 fully saturated rings. The Bertz CT molecular complexity index is 628. The summed E-state index contributed by atoms with van der Waals surface area (Å²) >= 11 is 0. The number of hydrogen-bond donors (Lipinski definition) is 2. The number of rotatable bonds is 7. The van der Waals surface area contributed by atoms with Gasteiger partial charge in [-0.3, -0.25) is 10.1 Å². The molecule has 0 aliphatic carbocycles. The predicted octanol–water partition coefficient (Wildman–Crippen LogP) is 1.34. The summed E-state index contributed by atoms with van der Waals surface area (Å²) in [4.78, 5) is 9.98. The van der Waals surface area contributed by atoms with Crippen LogP contribution in [0.5, 0.6) is 0 Å². The maximum atomic E-state index is 12.3. The third-order valence-corrected chi connectivity index (χ3v) is 4.42. The van der Waals surface area contributed by atoms with Crippen LogP contribution in [0.15, 0.2) is 23.1 Å². The van der Waals surface area contributed by atoms with Crippen molar-refractivity contribution in [2.24, 2.45) is 0 Å². The second kappa shape index (κ2) is 6.37. The third-order valence-electron chi connectivity index (χ3n) is 2.98. The van der Waals surface area contributed by atoms with Crippen molar-refractivity contribution in [1.29, 1.82) is 0 Å². The summed E-state index contributed by atoms with van der Waals surface area (Å²) in [6.07, 6.45) is 0. The highest BCUT2D eigenvalue weighted by molar-refractivity contribution is 7.89. The molecule has 8 nitrogen and oxygen atoms in total. The quantitative estimate of drug-likeness (QED) is 0.580. The summed E-state index contributed by atoms with van der Waals surface area (Å²) in [7, 11) is -0.885. The highest BCUT2D eigenvalue weighted by Gasteiger charge is 2.25. The third kappa shape index (κ3) is 4.38. The molecule has 1 aromatic rings. The first-order chi connectivity index (χ1) is 9.63.